The lowest BCUT2D eigenvalue weighted by atomic mass is 10.1. The monoisotopic (exact) mass is 437 g/mol. The maximum atomic E-state index is 13.1. The van der Waals surface area contributed by atoms with Gasteiger partial charge in [0.25, 0.3) is 5.91 Å². The molecular formula is C23H24ClN5O2. The fraction of sp³-hybridized carbons (Fsp3) is 0.261. The number of carbonyl (C=O) groups is 2. The predicted molar refractivity (Wildman–Crippen MR) is 121 cm³/mol. The number of halogens is 1. The van der Waals surface area contributed by atoms with E-state index in [1.165, 1.54) is 0 Å². The standard InChI is InChI=1S/C23H24ClN5O2/c1-13-3-10-18(11-20(13)24)29-21(16-4-5-16)19(12-26-29)22(30)27-14(2)15-6-8-17(9-7-15)28-23(25)31/h3,6-12,14,16H,4-5H2,1-2H3,(H,27,30)(H3,25,28,31). The molecule has 0 radical (unpaired) electrons. The van der Waals surface area contributed by atoms with E-state index in [-0.39, 0.29) is 11.9 Å². The number of rotatable bonds is 6. The average Bonchev–Trinajstić information content (AvgIpc) is 3.47. The van der Waals surface area contributed by atoms with Crippen molar-refractivity contribution in [3.05, 3.63) is 76.1 Å². The van der Waals surface area contributed by atoms with Gasteiger partial charge >= 0.3 is 6.03 Å². The van der Waals surface area contributed by atoms with Crippen molar-refractivity contribution >= 4 is 29.2 Å². The average molecular weight is 438 g/mol. The maximum Gasteiger partial charge on any atom is 0.316 e. The summed E-state index contributed by atoms with van der Waals surface area (Å²) >= 11 is 6.31. The second-order valence-electron chi connectivity index (χ2n) is 7.87. The number of aromatic nitrogens is 2. The molecule has 4 N–H and O–H groups in total. The van der Waals surface area contributed by atoms with Crippen LogP contribution in [-0.2, 0) is 0 Å². The van der Waals surface area contributed by atoms with E-state index in [1.807, 2.05) is 48.9 Å². The largest absolute Gasteiger partial charge is 0.351 e. The van der Waals surface area contributed by atoms with Gasteiger partial charge in [-0.2, -0.15) is 5.10 Å². The van der Waals surface area contributed by atoms with Gasteiger partial charge in [-0.25, -0.2) is 9.48 Å². The van der Waals surface area contributed by atoms with Crippen molar-refractivity contribution in [3.63, 3.8) is 0 Å². The molecule has 1 atom stereocenters. The topological polar surface area (TPSA) is 102 Å². The fourth-order valence-corrected chi connectivity index (χ4v) is 3.73. The molecular weight excluding hydrogens is 414 g/mol. The molecule has 1 saturated carbocycles. The molecule has 3 amide bonds. The van der Waals surface area contributed by atoms with E-state index in [4.69, 9.17) is 17.3 Å². The highest BCUT2D eigenvalue weighted by atomic mass is 35.5. The Balaban J connectivity index is 1.55. The maximum absolute atomic E-state index is 13.1. The number of amides is 3. The Labute approximate surface area is 185 Å². The third kappa shape index (κ3) is 4.56. The minimum absolute atomic E-state index is 0.168. The normalized spacial score (nSPS) is 14.2. The molecule has 1 unspecified atom stereocenters. The van der Waals surface area contributed by atoms with Gasteiger partial charge in [0, 0.05) is 16.6 Å². The molecule has 1 aliphatic rings. The lowest BCUT2D eigenvalue weighted by molar-refractivity contribution is 0.0939. The van der Waals surface area contributed by atoms with Crippen molar-refractivity contribution in [1.82, 2.24) is 15.1 Å². The summed E-state index contributed by atoms with van der Waals surface area (Å²) < 4.78 is 1.83. The molecule has 31 heavy (non-hydrogen) atoms. The zero-order chi connectivity index (χ0) is 22.1. The molecule has 4 rings (SSSR count). The Morgan fingerprint density at radius 2 is 1.90 bits per heavy atom. The Bertz CT molecular complexity index is 1140. The summed E-state index contributed by atoms with van der Waals surface area (Å²) in [6, 6.07) is 12.1. The van der Waals surface area contributed by atoms with Crippen molar-refractivity contribution in [2.75, 3.05) is 5.32 Å². The second kappa shape index (κ2) is 8.43. The number of urea groups is 1. The molecule has 3 aromatic rings. The Hall–Kier alpha value is -3.32. The minimum atomic E-state index is -0.617. The number of nitrogens with two attached hydrogens (primary N) is 1. The first-order valence-corrected chi connectivity index (χ1v) is 10.5. The second-order valence-corrected chi connectivity index (χ2v) is 8.28. The van der Waals surface area contributed by atoms with E-state index in [0.29, 0.717) is 22.2 Å². The van der Waals surface area contributed by atoms with Crippen LogP contribution in [0.4, 0.5) is 10.5 Å². The number of carbonyl (C=O) groups excluding carboxylic acids is 2. The number of nitrogens with zero attached hydrogens (tertiary/aromatic N) is 2. The zero-order valence-electron chi connectivity index (χ0n) is 17.4. The molecule has 1 aliphatic carbocycles. The highest BCUT2D eigenvalue weighted by Crippen LogP contribution is 2.42. The molecule has 0 spiro atoms. The smallest absolute Gasteiger partial charge is 0.316 e. The summed E-state index contributed by atoms with van der Waals surface area (Å²) in [6.45, 7) is 3.86. The molecule has 0 bridgehead atoms. The highest BCUT2D eigenvalue weighted by Gasteiger charge is 2.33. The van der Waals surface area contributed by atoms with Crippen LogP contribution in [0.5, 0.6) is 0 Å². The number of benzene rings is 2. The number of nitrogens with one attached hydrogen (secondary N) is 2. The van der Waals surface area contributed by atoms with Crippen molar-refractivity contribution in [3.8, 4) is 5.69 Å². The van der Waals surface area contributed by atoms with Gasteiger partial charge in [-0.3, -0.25) is 4.79 Å². The number of hydrogen-bond donors (Lipinski definition) is 3. The van der Waals surface area contributed by atoms with Crippen molar-refractivity contribution < 1.29 is 9.59 Å². The zero-order valence-corrected chi connectivity index (χ0v) is 18.1. The third-order valence-electron chi connectivity index (χ3n) is 5.44. The Morgan fingerprint density at radius 3 is 2.52 bits per heavy atom. The van der Waals surface area contributed by atoms with Gasteiger partial charge in [0.1, 0.15) is 0 Å². The van der Waals surface area contributed by atoms with Gasteiger partial charge < -0.3 is 16.4 Å². The number of hydrogen-bond acceptors (Lipinski definition) is 3. The van der Waals surface area contributed by atoms with Gasteiger partial charge in [0.05, 0.1) is 29.2 Å². The summed E-state index contributed by atoms with van der Waals surface area (Å²) in [5.41, 5.74) is 9.99. The van der Waals surface area contributed by atoms with Crippen LogP contribution in [0, 0.1) is 6.92 Å². The summed E-state index contributed by atoms with van der Waals surface area (Å²) in [7, 11) is 0. The van der Waals surface area contributed by atoms with E-state index in [1.54, 1.807) is 18.3 Å². The molecule has 0 aliphatic heterocycles. The summed E-state index contributed by atoms with van der Waals surface area (Å²) in [5.74, 6) is 0.149. The molecule has 1 fully saturated rings. The van der Waals surface area contributed by atoms with E-state index >= 15 is 0 Å². The first kappa shape index (κ1) is 20.9. The van der Waals surface area contributed by atoms with Gasteiger partial charge in [-0.1, -0.05) is 29.8 Å². The van der Waals surface area contributed by atoms with Crippen LogP contribution in [0.25, 0.3) is 5.69 Å². The third-order valence-corrected chi connectivity index (χ3v) is 5.85. The molecule has 2 aromatic carbocycles. The van der Waals surface area contributed by atoms with E-state index in [0.717, 1.165) is 35.3 Å². The lowest BCUT2D eigenvalue weighted by Crippen LogP contribution is -2.27. The molecule has 7 nitrogen and oxygen atoms in total. The SMILES string of the molecule is Cc1ccc(-n2ncc(C(=O)NC(C)c3ccc(NC(N)=O)cc3)c2C2CC2)cc1Cl. The summed E-state index contributed by atoms with van der Waals surface area (Å²) in [6.07, 6.45) is 3.70. The van der Waals surface area contributed by atoms with Crippen molar-refractivity contribution in [2.24, 2.45) is 5.73 Å². The first-order valence-electron chi connectivity index (χ1n) is 10.1. The summed E-state index contributed by atoms with van der Waals surface area (Å²) in [4.78, 5) is 24.1. The first-order chi connectivity index (χ1) is 14.8. The molecule has 1 aromatic heterocycles. The van der Waals surface area contributed by atoms with Gasteiger partial charge in [-0.15, -0.1) is 0 Å². The van der Waals surface area contributed by atoms with E-state index in [2.05, 4.69) is 15.7 Å². The van der Waals surface area contributed by atoms with Gasteiger partial charge in [0.2, 0.25) is 0 Å². The molecule has 8 heteroatoms. The summed E-state index contributed by atoms with van der Waals surface area (Å²) in [5, 5.41) is 10.7. The molecule has 160 valence electrons. The number of primary amides is 1. The van der Waals surface area contributed by atoms with Crippen molar-refractivity contribution in [2.45, 2.75) is 38.6 Å². The molecule has 1 heterocycles. The predicted octanol–water partition coefficient (Wildman–Crippen LogP) is 4.69. The van der Waals surface area contributed by atoms with Crippen LogP contribution in [0.3, 0.4) is 0 Å². The van der Waals surface area contributed by atoms with Crippen LogP contribution >= 0.6 is 11.6 Å². The van der Waals surface area contributed by atoms with Gasteiger partial charge in [0.15, 0.2) is 0 Å². The Kier molecular flexibility index (Phi) is 5.69. The van der Waals surface area contributed by atoms with Gasteiger partial charge in [-0.05, 0) is 62.1 Å². The lowest BCUT2D eigenvalue weighted by Gasteiger charge is -2.16. The van der Waals surface area contributed by atoms with Crippen LogP contribution in [-0.4, -0.2) is 21.7 Å². The van der Waals surface area contributed by atoms with Crippen LogP contribution < -0.4 is 16.4 Å². The van der Waals surface area contributed by atoms with Crippen LogP contribution in [0.15, 0.2) is 48.7 Å². The number of aryl methyl sites for hydroxylation is 1. The minimum Gasteiger partial charge on any atom is -0.351 e. The number of anilines is 1. The molecule has 0 saturated heterocycles. The van der Waals surface area contributed by atoms with E-state index < -0.39 is 6.03 Å². The fourth-order valence-electron chi connectivity index (χ4n) is 3.56. The van der Waals surface area contributed by atoms with Crippen molar-refractivity contribution in [1.29, 1.82) is 0 Å². The van der Waals surface area contributed by atoms with Crippen LogP contribution in [0.2, 0.25) is 5.02 Å². The Morgan fingerprint density at radius 1 is 1.19 bits per heavy atom. The van der Waals surface area contributed by atoms with Crippen LogP contribution in [0.1, 0.15) is 58.9 Å². The highest BCUT2D eigenvalue weighted by molar-refractivity contribution is 6.31. The van der Waals surface area contributed by atoms with E-state index in [9.17, 15) is 9.59 Å². The quantitative estimate of drug-likeness (QED) is 0.521.